The number of nitrogens with zero attached hydrogens (tertiary/aromatic N) is 1. The molecule has 5 heteroatoms. The van der Waals surface area contributed by atoms with Crippen molar-refractivity contribution < 1.29 is 4.74 Å². The standard InChI is InChI=1S/C17H29N3OS/c1-5-11-19-17(18-6-2)20-12-14(3)13-22-16-10-8-7-9-15(16)21-4/h7-10,14H,5-6,11-13H2,1-4H3,(H2,18,19,20). The monoisotopic (exact) mass is 323 g/mol. The fourth-order valence-corrected chi connectivity index (χ4v) is 2.89. The van der Waals surface area contributed by atoms with E-state index in [0.29, 0.717) is 5.92 Å². The van der Waals surface area contributed by atoms with Gasteiger partial charge < -0.3 is 15.4 Å². The second kappa shape index (κ2) is 11.2. The molecule has 0 amide bonds. The number of methoxy groups -OCH3 is 1. The van der Waals surface area contributed by atoms with Gasteiger partial charge in [0.1, 0.15) is 5.75 Å². The highest BCUT2D eigenvalue weighted by Crippen LogP contribution is 2.29. The predicted octanol–water partition coefficient (Wildman–Crippen LogP) is 3.39. The summed E-state index contributed by atoms with van der Waals surface area (Å²) < 4.78 is 5.38. The van der Waals surface area contributed by atoms with E-state index in [2.05, 4.69) is 42.5 Å². The molecule has 1 unspecified atom stereocenters. The normalized spacial score (nSPS) is 12.8. The molecular formula is C17H29N3OS. The summed E-state index contributed by atoms with van der Waals surface area (Å²) in [6.07, 6.45) is 1.10. The molecule has 0 aliphatic carbocycles. The summed E-state index contributed by atoms with van der Waals surface area (Å²) in [4.78, 5) is 5.85. The molecule has 0 heterocycles. The van der Waals surface area contributed by atoms with Crippen molar-refractivity contribution in [3.8, 4) is 5.75 Å². The highest BCUT2D eigenvalue weighted by molar-refractivity contribution is 7.99. The number of rotatable bonds is 9. The summed E-state index contributed by atoms with van der Waals surface area (Å²) in [6, 6.07) is 8.15. The number of ether oxygens (including phenoxy) is 1. The van der Waals surface area contributed by atoms with Gasteiger partial charge in [-0.25, -0.2) is 0 Å². The van der Waals surface area contributed by atoms with Crippen molar-refractivity contribution in [2.75, 3.05) is 32.5 Å². The van der Waals surface area contributed by atoms with Crippen LogP contribution in [0.5, 0.6) is 5.75 Å². The molecular weight excluding hydrogens is 294 g/mol. The zero-order valence-corrected chi connectivity index (χ0v) is 15.0. The van der Waals surface area contributed by atoms with Gasteiger partial charge in [-0.3, -0.25) is 4.99 Å². The second-order valence-electron chi connectivity index (χ2n) is 5.21. The van der Waals surface area contributed by atoms with Crippen LogP contribution in [0.3, 0.4) is 0 Å². The van der Waals surface area contributed by atoms with Crippen molar-refractivity contribution >= 4 is 17.7 Å². The maximum atomic E-state index is 5.38. The quantitative estimate of drug-likeness (QED) is 0.415. The average molecular weight is 324 g/mol. The molecule has 2 N–H and O–H groups in total. The van der Waals surface area contributed by atoms with Crippen LogP contribution < -0.4 is 15.4 Å². The molecule has 0 spiro atoms. The number of aliphatic imine (C=N–C) groups is 1. The number of hydrogen-bond acceptors (Lipinski definition) is 3. The van der Waals surface area contributed by atoms with Crippen LogP contribution in [-0.2, 0) is 0 Å². The third-order valence-corrected chi connectivity index (χ3v) is 4.42. The topological polar surface area (TPSA) is 45.7 Å². The van der Waals surface area contributed by atoms with Crippen LogP contribution in [0.1, 0.15) is 27.2 Å². The fraction of sp³-hybridized carbons (Fsp3) is 0.588. The number of benzene rings is 1. The van der Waals surface area contributed by atoms with Crippen molar-refractivity contribution in [3.05, 3.63) is 24.3 Å². The van der Waals surface area contributed by atoms with E-state index in [1.165, 1.54) is 4.90 Å². The summed E-state index contributed by atoms with van der Waals surface area (Å²) in [5.74, 6) is 3.39. The summed E-state index contributed by atoms with van der Waals surface area (Å²) in [6.45, 7) is 9.14. The van der Waals surface area contributed by atoms with Gasteiger partial charge in [0.05, 0.1) is 7.11 Å². The Morgan fingerprint density at radius 1 is 1.27 bits per heavy atom. The van der Waals surface area contributed by atoms with Crippen molar-refractivity contribution in [3.63, 3.8) is 0 Å². The van der Waals surface area contributed by atoms with Crippen LogP contribution in [0.25, 0.3) is 0 Å². The van der Waals surface area contributed by atoms with E-state index in [1.54, 1.807) is 7.11 Å². The van der Waals surface area contributed by atoms with Gasteiger partial charge in [-0.1, -0.05) is 26.0 Å². The van der Waals surface area contributed by atoms with Crippen molar-refractivity contribution in [2.24, 2.45) is 10.9 Å². The molecule has 0 fully saturated rings. The summed E-state index contributed by atoms with van der Waals surface area (Å²) in [5.41, 5.74) is 0. The van der Waals surface area contributed by atoms with Gasteiger partial charge in [0.2, 0.25) is 0 Å². The molecule has 22 heavy (non-hydrogen) atoms. The van der Waals surface area contributed by atoms with Crippen molar-refractivity contribution in [1.82, 2.24) is 10.6 Å². The van der Waals surface area contributed by atoms with Crippen LogP contribution in [0.4, 0.5) is 0 Å². The minimum Gasteiger partial charge on any atom is -0.496 e. The van der Waals surface area contributed by atoms with Gasteiger partial charge in [0.25, 0.3) is 0 Å². The average Bonchev–Trinajstić information content (AvgIpc) is 2.55. The Labute approximate surface area is 139 Å². The SMILES string of the molecule is CCCNC(=NCC(C)CSc1ccccc1OC)NCC. The summed E-state index contributed by atoms with van der Waals surface area (Å²) >= 11 is 1.83. The summed E-state index contributed by atoms with van der Waals surface area (Å²) in [5, 5.41) is 6.61. The van der Waals surface area contributed by atoms with E-state index < -0.39 is 0 Å². The first-order valence-electron chi connectivity index (χ1n) is 7.99. The minimum atomic E-state index is 0.506. The lowest BCUT2D eigenvalue weighted by atomic mass is 10.2. The molecule has 1 aromatic carbocycles. The molecule has 0 aliphatic heterocycles. The highest BCUT2D eigenvalue weighted by Gasteiger charge is 2.07. The van der Waals surface area contributed by atoms with E-state index >= 15 is 0 Å². The maximum Gasteiger partial charge on any atom is 0.191 e. The van der Waals surface area contributed by atoms with Gasteiger partial charge >= 0.3 is 0 Å². The first kappa shape index (κ1) is 18.7. The third-order valence-electron chi connectivity index (χ3n) is 3.04. The van der Waals surface area contributed by atoms with Crippen LogP contribution in [-0.4, -0.2) is 38.5 Å². The predicted molar refractivity (Wildman–Crippen MR) is 97.2 cm³/mol. The molecule has 0 bridgehead atoms. The van der Waals surface area contributed by atoms with Crippen LogP contribution >= 0.6 is 11.8 Å². The number of para-hydroxylation sites is 1. The molecule has 0 saturated carbocycles. The maximum absolute atomic E-state index is 5.38. The lowest BCUT2D eigenvalue weighted by Gasteiger charge is -2.13. The summed E-state index contributed by atoms with van der Waals surface area (Å²) in [7, 11) is 1.72. The van der Waals surface area contributed by atoms with Gasteiger partial charge in [-0.15, -0.1) is 11.8 Å². The number of guanidine groups is 1. The van der Waals surface area contributed by atoms with Gasteiger partial charge in [-0.2, -0.15) is 0 Å². The second-order valence-corrected chi connectivity index (χ2v) is 6.28. The lowest BCUT2D eigenvalue weighted by Crippen LogP contribution is -2.38. The van der Waals surface area contributed by atoms with E-state index in [1.807, 2.05) is 30.0 Å². The van der Waals surface area contributed by atoms with Crippen LogP contribution in [0.2, 0.25) is 0 Å². The van der Waals surface area contributed by atoms with E-state index in [4.69, 9.17) is 4.74 Å². The third kappa shape index (κ3) is 7.07. The van der Waals surface area contributed by atoms with Gasteiger partial charge in [0, 0.05) is 30.3 Å². The molecule has 1 atom stereocenters. The van der Waals surface area contributed by atoms with Gasteiger partial charge in [0.15, 0.2) is 5.96 Å². The minimum absolute atomic E-state index is 0.506. The molecule has 1 aromatic rings. The molecule has 0 saturated heterocycles. The largest absolute Gasteiger partial charge is 0.496 e. The highest BCUT2D eigenvalue weighted by atomic mass is 32.2. The molecule has 124 valence electrons. The number of thioether (sulfide) groups is 1. The molecule has 4 nitrogen and oxygen atoms in total. The molecule has 0 aliphatic rings. The van der Waals surface area contributed by atoms with Crippen molar-refractivity contribution in [1.29, 1.82) is 0 Å². The van der Waals surface area contributed by atoms with Crippen LogP contribution in [0, 0.1) is 5.92 Å². The Morgan fingerprint density at radius 2 is 2.05 bits per heavy atom. The molecule has 0 aromatic heterocycles. The Balaban J connectivity index is 2.45. The molecule has 0 radical (unpaired) electrons. The number of hydrogen-bond donors (Lipinski definition) is 2. The Bertz CT molecular complexity index is 451. The van der Waals surface area contributed by atoms with Crippen LogP contribution in [0.15, 0.2) is 34.2 Å². The van der Waals surface area contributed by atoms with E-state index in [9.17, 15) is 0 Å². The zero-order valence-electron chi connectivity index (χ0n) is 14.2. The van der Waals surface area contributed by atoms with Gasteiger partial charge in [-0.05, 0) is 31.4 Å². The Hall–Kier alpha value is -1.36. The smallest absolute Gasteiger partial charge is 0.191 e. The first-order chi connectivity index (χ1) is 10.7. The Kier molecular flexibility index (Phi) is 9.55. The van der Waals surface area contributed by atoms with E-state index in [-0.39, 0.29) is 0 Å². The fourth-order valence-electron chi connectivity index (χ4n) is 1.86. The number of nitrogens with one attached hydrogen (secondary N) is 2. The van der Waals surface area contributed by atoms with E-state index in [0.717, 1.165) is 43.5 Å². The first-order valence-corrected chi connectivity index (χ1v) is 8.97. The van der Waals surface area contributed by atoms with Crippen molar-refractivity contribution in [2.45, 2.75) is 32.1 Å². The molecule has 1 rings (SSSR count). The zero-order chi connectivity index (χ0) is 16.2. The lowest BCUT2D eigenvalue weighted by molar-refractivity contribution is 0.405. The Morgan fingerprint density at radius 3 is 2.73 bits per heavy atom.